The van der Waals surface area contributed by atoms with E-state index >= 15 is 0 Å². The van der Waals surface area contributed by atoms with E-state index in [4.69, 9.17) is 10.5 Å². The lowest BCUT2D eigenvalue weighted by Crippen LogP contribution is -2.40. The van der Waals surface area contributed by atoms with Gasteiger partial charge < -0.3 is 19.9 Å². The van der Waals surface area contributed by atoms with Crippen LogP contribution in [0.25, 0.3) is 0 Å². The average molecular weight is 411 g/mol. The van der Waals surface area contributed by atoms with Crippen LogP contribution in [0, 0.1) is 0 Å². The Hall–Kier alpha value is -4.08. The summed E-state index contributed by atoms with van der Waals surface area (Å²) < 4.78 is 7.74. The minimum Gasteiger partial charge on any atom is -0.451 e. The third-order valence-corrected chi connectivity index (χ3v) is 4.59. The van der Waals surface area contributed by atoms with E-state index in [1.807, 2.05) is 6.07 Å². The van der Waals surface area contributed by atoms with Gasteiger partial charge in [-0.25, -0.2) is 9.59 Å². The lowest BCUT2D eigenvalue weighted by molar-refractivity contribution is -0.121. The number of ether oxygens (including phenoxy) is 1. The van der Waals surface area contributed by atoms with Gasteiger partial charge in [0.05, 0.1) is 6.54 Å². The van der Waals surface area contributed by atoms with Crippen molar-refractivity contribution in [3.05, 3.63) is 80.8 Å². The summed E-state index contributed by atoms with van der Waals surface area (Å²) in [5.41, 5.74) is 5.42. The van der Waals surface area contributed by atoms with E-state index in [2.05, 4.69) is 4.98 Å². The maximum Gasteiger partial charge on any atom is 0.355 e. The van der Waals surface area contributed by atoms with Crippen molar-refractivity contribution in [1.29, 1.82) is 0 Å². The number of aromatic nitrogens is 3. The fourth-order valence-electron chi connectivity index (χ4n) is 2.92. The number of H-pyrrole nitrogens is 1. The number of aromatic amines is 1. The molecule has 3 rings (SSSR count). The fraction of sp³-hybridized carbons (Fsp3) is 0.200. The monoisotopic (exact) mass is 411 g/mol. The Kier molecular flexibility index (Phi) is 5.86. The van der Waals surface area contributed by atoms with Crippen LogP contribution in [0.3, 0.4) is 0 Å². The third kappa shape index (κ3) is 4.17. The van der Waals surface area contributed by atoms with Crippen LogP contribution in [-0.2, 0) is 23.1 Å². The van der Waals surface area contributed by atoms with Crippen molar-refractivity contribution in [3.8, 4) is 0 Å². The van der Waals surface area contributed by atoms with Gasteiger partial charge in [0.2, 0.25) is 0 Å². The van der Waals surface area contributed by atoms with Crippen molar-refractivity contribution < 1.29 is 14.3 Å². The molecule has 0 aliphatic heterocycles. The Morgan fingerprint density at radius 3 is 2.47 bits per heavy atom. The molecule has 10 heteroatoms. The molecule has 0 aliphatic rings. The molecule has 1 aromatic carbocycles. The first-order valence-electron chi connectivity index (χ1n) is 9.01. The van der Waals surface area contributed by atoms with E-state index in [1.54, 1.807) is 54.2 Å². The van der Waals surface area contributed by atoms with Crippen LogP contribution in [0.4, 0.5) is 11.5 Å². The number of amides is 1. The molecule has 30 heavy (non-hydrogen) atoms. The van der Waals surface area contributed by atoms with Crippen LogP contribution >= 0.6 is 0 Å². The van der Waals surface area contributed by atoms with Gasteiger partial charge in [-0.15, -0.1) is 0 Å². The van der Waals surface area contributed by atoms with E-state index in [9.17, 15) is 19.2 Å². The molecule has 0 fully saturated rings. The summed E-state index contributed by atoms with van der Waals surface area (Å²) in [5, 5.41) is 0. The van der Waals surface area contributed by atoms with Crippen LogP contribution in [0.1, 0.15) is 16.1 Å². The lowest BCUT2D eigenvalue weighted by atomic mass is 10.2. The van der Waals surface area contributed by atoms with Crippen LogP contribution < -0.4 is 21.9 Å². The van der Waals surface area contributed by atoms with Crippen LogP contribution in [0.2, 0.25) is 0 Å². The van der Waals surface area contributed by atoms with Gasteiger partial charge in [-0.2, -0.15) is 0 Å². The molecule has 2 heterocycles. The van der Waals surface area contributed by atoms with Gasteiger partial charge in [0.25, 0.3) is 11.5 Å². The van der Waals surface area contributed by atoms with E-state index in [-0.39, 0.29) is 23.7 Å². The average Bonchev–Trinajstić information content (AvgIpc) is 3.15. The van der Waals surface area contributed by atoms with Gasteiger partial charge in [-0.05, 0) is 17.7 Å². The van der Waals surface area contributed by atoms with Crippen molar-refractivity contribution in [2.24, 2.45) is 7.05 Å². The second kappa shape index (κ2) is 8.52. The van der Waals surface area contributed by atoms with Crippen molar-refractivity contribution >= 4 is 23.4 Å². The summed E-state index contributed by atoms with van der Waals surface area (Å²) in [4.78, 5) is 52.3. The molecule has 0 unspecified atom stereocenters. The molecule has 3 aromatic rings. The summed E-state index contributed by atoms with van der Waals surface area (Å²) in [6.45, 7) is -0.489. The highest BCUT2D eigenvalue weighted by Gasteiger charge is 2.22. The quantitative estimate of drug-likeness (QED) is 0.562. The number of aryl methyl sites for hydroxylation is 1. The first kappa shape index (κ1) is 20.6. The van der Waals surface area contributed by atoms with Gasteiger partial charge >= 0.3 is 11.7 Å². The van der Waals surface area contributed by atoms with Gasteiger partial charge in [0.15, 0.2) is 12.3 Å². The van der Waals surface area contributed by atoms with Crippen LogP contribution in [0.15, 0.2) is 58.3 Å². The summed E-state index contributed by atoms with van der Waals surface area (Å²) >= 11 is 0. The molecule has 1 amide bonds. The molecule has 10 nitrogen and oxygen atoms in total. The number of carbonyl (C=O) groups excluding carboxylic acids is 2. The van der Waals surface area contributed by atoms with E-state index in [0.29, 0.717) is 0 Å². The zero-order chi connectivity index (χ0) is 21.8. The Morgan fingerprint density at radius 1 is 1.13 bits per heavy atom. The number of nitrogens with two attached hydrogens (primary N) is 1. The zero-order valence-electron chi connectivity index (χ0n) is 16.5. The van der Waals surface area contributed by atoms with E-state index in [1.165, 1.54) is 7.05 Å². The number of rotatable bonds is 6. The van der Waals surface area contributed by atoms with Crippen LogP contribution in [0.5, 0.6) is 0 Å². The number of esters is 1. The van der Waals surface area contributed by atoms with Crippen molar-refractivity contribution in [1.82, 2.24) is 14.1 Å². The molecule has 0 radical (unpaired) electrons. The minimum atomic E-state index is -0.813. The van der Waals surface area contributed by atoms with Gasteiger partial charge in [0, 0.05) is 20.3 Å². The topological polar surface area (TPSA) is 132 Å². The SMILES string of the molecule is CN(C(=O)COC(=O)c1cccn1C)c1c(N)n(Cc2ccccc2)c(=O)[nH]c1=O. The molecule has 0 bridgehead atoms. The van der Waals surface area contributed by atoms with Gasteiger partial charge in [0.1, 0.15) is 11.5 Å². The van der Waals surface area contributed by atoms with Crippen molar-refractivity contribution in [2.75, 3.05) is 24.3 Å². The number of nitrogens with one attached hydrogen (secondary N) is 1. The maximum atomic E-state index is 12.5. The lowest BCUT2D eigenvalue weighted by Gasteiger charge is -2.20. The predicted molar refractivity (Wildman–Crippen MR) is 110 cm³/mol. The summed E-state index contributed by atoms with van der Waals surface area (Å²) in [7, 11) is 2.98. The highest BCUT2D eigenvalue weighted by Crippen LogP contribution is 2.16. The second-order valence-corrected chi connectivity index (χ2v) is 6.60. The number of likely N-dealkylation sites (N-methyl/N-ethyl adjacent to an activating group) is 1. The molecule has 156 valence electrons. The largest absolute Gasteiger partial charge is 0.451 e. The predicted octanol–water partition coefficient (Wildman–Crippen LogP) is 0.325. The normalized spacial score (nSPS) is 10.6. The molecule has 0 saturated carbocycles. The number of hydrogen-bond acceptors (Lipinski definition) is 6. The molecular formula is C20H21N5O5. The molecule has 3 N–H and O–H groups in total. The summed E-state index contributed by atoms with van der Waals surface area (Å²) in [6, 6.07) is 12.3. The highest BCUT2D eigenvalue weighted by molar-refractivity contribution is 5.97. The number of benzene rings is 1. The third-order valence-electron chi connectivity index (χ3n) is 4.59. The molecule has 0 aliphatic carbocycles. The molecule has 0 atom stereocenters. The first-order chi connectivity index (χ1) is 14.3. The minimum absolute atomic E-state index is 0.111. The Bertz CT molecular complexity index is 1190. The molecule has 0 saturated heterocycles. The number of hydrogen-bond donors (Lipinski definition) is 2. The summed E-state index contributed by atoms with van der Waals surface area (Å²) in [5.74, 6) is -1.53. The van der Waals surface area contributed by atoms with Crippen molar-refractivity contribution in [2.45, 2.75) is 6.54 Å². The highest BCUT2D eigenvalue weighted by atomic mass is 16.5. The fourth-order valence-corrected chi connectivity index (χ4v) is 2.92. The Labute approximate surface area is 171 Å². The summed E-state index contributed by atoms with van der Waals surface area (Å²) in [6.07, 6.45) is 1.67. The van der Waals surface area contributed by atoms with Crippen molar-refractivity contribution in [3.63, 3.8) is 0 Å². The standard InChI is InChI=1S/C20H21N5O5/c1-23-10-6-9-14(23)19(28)30-12-15(26)24(2)16-17(21)25(20(29)22-18(16)27)11-13-7-4-3-5-8-13/h3-10H,11-12,21H2,1-2H3,(H,22,27,29). The Balaban J connectivity index is 1.81. The van der Waals surface area contributed by atoms with Crippen LogP contribution in [-0.4, -0.2) is 39.6 Å². The first-order valence-corrected chi connectivity index (χ1v) is 9.01. The second-order valence-electron chi connectivity index (χ2n) is 6.60. The Morgan fingerprint density at radius 2 is 1.83 bits per heavy atom. The number of anilines is 2. The maximum absolute atomic E-state index is 12.5. The molecular weight excluding hydrogens is 390 g/mol. The smallest absolute Gasteiger partial charge is 0.355 e. The zero-order valence-corrected chi connectivity index (χ0v) is 16.5. The van der Waals surface area contributed by atoms with Gasteiger partial charge in [-0.1, -0.05) is 30.3 Å². The number of nitrogen functional groups attached to an aromatic ring is 1. The number of carbonyl (C=O) groups is 2. The van der Waals surface area contributed by atoms with E-state index in [0.717, 1.165) is 15.0 Å². The molecule has 2 aromatic heterocycles. The van der Waals surface area contributed by atoms with E-state index < -0.39 is 29.7 Å². The van der Waals surface area contributed by atoms with Gasteiger partial charge in [-0.3, -0.25) is 19.1 Å². The number of nitrogens with zero attached hydrogens (tertiary/aromatic N) is 3. The molecule has 0 spiro atoms.